The zero-order chi connectivity index (χ0) is 12.8. The minimum Gasteiger partial charge on any atom is -0.497 e. The van der Waals surface area contributed by atoms with E-state index in [0.717, 1.165) is 31.9 Å². The molecule has 3 heteroatoms. The van der Waals surface area contributed by atoms with Crippen molar-refractivity contribution >= 4 is 0 Å². The molecule has 0 radical (unpaired) electrons. The van der Waals surface area contributed by atoms with Gasteiger partial charge in [0.1, 0.15) is 5.75 Å². The molecule has 0 amide bonds. The number of benzene rings is 1. The van der Waals surface area contributed by atoms with Gasteiger partial charge in [-0.3, -0.25) is 0 Å². The molecule has 0 spiro atoms. The van der Waals surface area contributed by atoms with Crippen LogP contribution in [-0.2, 0) is 11.2 Å². The van der Waals surface area contributed by atoms with Gasteiger partial charge in [-0.15, -0.1) is 0 Å². The molecule has 1 aromatic carbocycles. The monoisotopic (exact) mass is 249 g/mol. The number of hydrogen-bond donors (Lipinski definition) is 1. The Hall–Kier alpha value is -1.06. The fourth-order valence-corrected chi connectivity index (χ4v) is 2.36. The van der Waals surface area contributed by atoms with Crippen LogP contribution < -0.4 is 10.1 Å². The Morgan fingerprint density at radius 2 is 2.11 bits per heavy atom. The van der Waals surface area contributed by atoms with Crippen molar-refractivity contribution < 1.29 is 9.47 Å². The molecule has 1 aliphatic rings. The zero-order valence-corrected chi connectivity index (χ0v) is 11.3. The summed E-state index contributed by atoms with van der Waals surface area (Å²) in [5.41, 5.74) is 1.35. The van der Waals surface area contributed by atoms with Crippen LogP contribution in [0.4, 0.5) is 0 Å². The smallest absolute Gasteiger partial charge is 0.118 e. The van der Waals surface area contributed by atoms with Crippen LogP contribution in [0.25, 0.3) is 0 Å². The number of hydrogen-bond acceptors (Lipinski definition) is 3. The van der Waals surface area contributed by atoms with Gasteiger partial charge in [0.05, 0.1) is 13.2 Å². The fraction of sp³-hybridized carbons (Fsp3) is 0.600. The van der Waals surface area contributed by atoms with Crippen molar-refractivity contribution in [1.82, 2.24) is 5.32 Å². The molecule has 1 N–H and O–H groups in total. The average molecular weight is 249 g/mol. The largest absolute Gasteiger partial charge is 0.497 e. The first-order valence-corrected chi connectivity index (χ1v) is 6.75. The van der Waals surface area contributed by atoms with Crippen LogP contribution in [0.3, 0.4) is 0 Å². The predicted octanol–water partition coefficient (Wildman–Crippen LogP) is 2.25. The molecule has 1 fully saturated rings. The Morgan fingerprint density at radius 1 is 1.33 bits per heavy atom. The van der Waals surface area contributed by atoms with E-state index in [1.807, 2.05) is 12.1 Å². The minimum absolute atomic E-state index is 0.415. The lowest BCUT2D eigenvalue weighted by molar-refractivity contribution is 0.105. The third-order valence-corrected chi connectivity index (χ3v) is 3.69. The maximum absolute atomic E-state index is 5.55. The zero-order valence-electron chi connectivity index (χ0n) is 11.3. The summed E-state index contributed by atoms with van der Waals surface area (Å²) in [7, 11) is 1.70. The molecule has 1 heterocycles. The van der Waals surface area contributed by atoms with E-state index >= 15 is 0 Å². The molecule has 0 bridgehead atoms. The summed E-state index contributed by atoms with van der Waals surface area (Å²) in [6, 6.07) is 8.29. The molecule has 1 saturated heterocycles. The second-order valence-corrected chi connectivity index (χ2v) is 4.93. The van der Waals surface area contributed by atoms with Crippen molar-refractivity contribution in [3.8, 4) is 5.75 Å². The Bertz CT molecular complexity index is 350. The van der Waals surface area contributed by atoms with Gasteiger partial charge >= 0.3 is 0 Å². The summed E-state index contributed by atoms with van der Waals surface area (Å²) < 4.78 is 10.7. The molecule has 1 aliphatic heterocycles. The summed E-state index contributed by atoms with van der Waals surface area (Å²) >= 11 is 0. The van der Waals surface area contributed by atoms with Crippen LogP contribution >= 0.6 is 0 Å². The van der Waals surface area contributed by atoms with Crippen molar-refractivity contribution in [2.45, 2.75) is 25.9 Å². The van der Waals surface area contributed by atoms with Crippen LogP contribution in [0, 0.1) is 5.92 Å². The van der Waals surface area contributed by atoms with Crippen LogP contribution in [0.15, 0.2) is 24.3 Å². The van der Waals surface area contributed by atoms with Gasteiger partial charge in [-0.05, 0) is 49.9 Å². The Labute approximate surface area is 109 Å². The molecule has 2 rings (SSSR count). The Kier molecular flexibility index (Phi) is 5.02. The summed E-state index contributed by atoms with van der Waals surface area (Å²) in [5, 5.41) is 3.52. The van der Waals surface area contributed by atoms with E-state index < -0.39 is 0 Å². The quantitative estimate of drug-likeness (QED) is 0.784. The lowest BCUT2D eigenvalue weighted by atomic mass is 10.0. The van der Waals surface area contributed by atoms with Crippen LogP contribution in [-0.4, -0.2) is 32.9 Å². The first-order valence-electron chi connectivity index (χ1n) is 6.75. The van der Waals surface area contributed by atoms with E-state index in [0.29, 0.717) is 12.0 Å². The van der Waals surface area contributed by atoms with Crippen LogP contribution in [0.5, 0.6) is 5.75 Å². The fourth-order valence-electron chi connectivity index (χ4n) is 2.36. The normalized spacial score (nSPS) is 23.2. The van der Waals surface area contributed by atoms with Gasteiger partial charge in [-0.25, -0.2) is 0 Å². The lowest BCUT2D eigenvalue weighted by Crippen LogP contribution is -2.28. The summed E-state index contributed by atoms with van der Waals surface area (Å²) in [6.45, 7) is 5.18. The van der Waals surface area contributed by atoms with Gasteiger partial charge < -0.3 is 14.8 Å². The first-order chi connectivity index (χ1) is 8.79. The van der Waals surface area contributed by atoms with Crippen molar-refractivity contribution in [1.29, 1.82) is 0 Å². The highest BCUT2D eigenvalue weighted by Crippen LogP contribution is 2.19. The number of rotatable bonds is 6. The van der Waals surface area contributed by atoms with Crippen LogP contribution in [0.2, 0.25) is 0 Å². The van der Waals surface area contributed by atoms with E-state index in [9.17, 15) is 0 Å². The highest BCUT2D eigenvalue weighted by atomic mass is 16.5. The van der Waals surface area contributed by atoms with Crippen molar-refractivity contribution in [3.63, 3.8) is 0 Å². The molecule has 100 valence electrons. The highest BCUT2D eigenvalue weighted by molar-refractivity contribution is 5.27. The molecule has 2 unspecified atom stereocenters. The van der Waals surface area contributed by atoms with Crippen molar-refractivity contribution in [2.75, 3.05) is 26.8 Å². The molecule has 0 saturated carbocycles. The summed E-state index contributed by atoms with van der Waals surface area (Å²) in [6.07, 6.45) is 2.67. The molecule has 1 aromatic rings. The SMILES string of the molecule is COc1ccc(CCNCC2CCOC2C)cc1. The molecule has 18 heavy (non-hydrogen) atoms. The van der Waals surface area contributed by atoms with E-state index in [2.05, 4.69) is 24.4 Å². The molecule has 3 nitrogen and oxygen atoms in total. The maximum atomic E-state index is 5.55. The Balaban J connectivity index is 1.65. The second-order valence-electron chi connectivity index (χ2n) is 4.93. The van der Waals surface area contributed by atoms with Gasteiger partial charge in [-0.1, -0.05) is 12.1 Å². The topological polar surface area (TPSA) is 30.5 Å². The highest BCUT2D eigenvalue weighted by Gasteiger charge is 2.23. The third kappa shape index (κ3) is 3.72. The Morgan fingerprint density at radius 3 is 2.72 bits per heavy atom. The summed E-state index contributed by atoms with van der Waals surface area (Å²) in [5.74, 6) is 1.60. The number of methoxy groups -OCH3 is 1. The minimum atomic E-state index is 0.415. The molecule has 2 atom stereocenters. The standard InChI is InChI=1S/C15H23NO2/c1-12-14(8-10-18-12)11-16-9-7-13-3-5-15(17-2)6-4-13/h3-6,12,14,16H,7-11H2,1-2H3. The predicted molar refractivity (Wildman–Crippen MR) is 73.1 cm³/mol. The molecular weight excluding hydrogens is 226 g/mol. The van der Waals surface area contributed by atoms with E-state index in [4.69, 9.17) is 9.47 Å². The van der Waals surface area contributed by atoms with E-state index in [-0.39, 0.29) is 0 Å². The van der Waals surface area contributed by atoms with E-state index in [1.54, 1.807) is 7.11 Å². The first kappa shape index (κ1) is 13.4. The van der Waals surface area contributed by atoms with Crippen LogP contribution in [0.1, 0.15) is 18.9 Å². The van der Waals surface area contributed by atoms with Gasteiger partial charge in [0.2, 0.25) is 0 Å². The van der Waals surface area contributed by atoms with Gasteiger partial charge in [0.15, 0.2) is 0 Å². The van der Waals surface area contributed by atoms with Gasteiger partial charge in [0.25, 0.3) is 0 Å². The third-order valence-electron chi connectivity index (χ3n) is 3.69. The maximum Gasteiger partial charge on any atom is 0.118 e. The van der Waals surface area contributed by atoms with Gasteiger partial charge in [-0.2, -0.15) is 0 Å². The average Bonchev–Trinajstić information content (AvgIpc) is 2.81. The number of nitrogens with one attached hydrogen (secondary N) is 1. The van der Waals surface area contributed by atoms with E-state index in [1.165, 1.54) is 12.0 Å². The summed E-state index contributed by atoms with van der Waals surface area (Å²) in [4.78, 5) is 0. The second kappa shape index (κ2) is 6.76. The number of ether oxygens (including phenoxy) is 2. The van der Waals surface area contributed by atoms with Crippen molar-refractivity contribution in [3.05, 3.63) is 29.8 Å². The molecular formula is C15H23NO2. The van der Waals surface area contributed by atoms with Crippen molar-refractivity contribution in [2.24, 2.45) is 5.92 Å². The molecule has 0 aromatic heterocycles. The lowest BCUT2D eigenvalue weighted by Gasteiger charge is -2.14. The van der Waals surface area contributed by atoms with Gasteiger partial charge in [0, 0.05) is 13.2 Å². The molecule has 0 aliphatic carbocycles.